The van der Waals surface area contributed by atoms with Gasteiger partial charge in [-0.05, 0) is 20.3 Å². The van der Waals surface area contributed by atoms with Crippen molar-refractivity contribution in [2.45, 2.75) is 20.3 Å². The average molecular weight is 301 g/mol. The molecule has 0 radical (unpaired) electrons. The highest BCUT2D eigenvalue weighted by atomic mass is 35.5. The molecular weight excluding hydrogens is 280 g/mol. The van der Waals surface area contributed by atoms with Gasteiger partial charge < -0.3 is 8.85 Å². The van der Waals surface area contributed by atoms with E-state index >= 15 is 0 Å². The molecule has 0 aliphatic carbocycles. The molecule has 0 fully saturated rings. The van der Waals surface area contributed by atoms with E-state index in [9.17, 15) is 0 Å². The van der Waals surface area contributed by atoms with Crippen molar-refractivity contribution in [2.24, 2.45) is 0 Å². The highest BCUT2D eigenvalue weighted by Crippen LogP contribution is 2.14. The Balaban J connectivity index is 4.45. The Hall–Kier alpha value is 0.00688. The van der Waals surface area contributed by atoms with Gasteiger partial charge in [-0.15, -0.1) is 18.2 Å². The van der Waals surface area contributed by atoms with E-state index in [0.29, 0.717) is 32.1 Å². The van der Waals surface area contributed by atoms with E-state index in [1.807, 2.05) is 0 Å². The molecule has 0 saturated carbocycles. The van der Waals surface area contributed by atoms with Crippen molar-refractivity contribution in [3.63, 3.8) is 0 Å². The van der Waals surface area contributed by atoms with Gasteiger partial charge in [0.15, 0.2) is 0 Å². The molecule has 0 heterocycles. The lowest BCUT2D eigenvalue weighted by atomic mass is 10.5. The van der Waals surface area contributed by atoms with Crippen molar-refractivity contribution < 1.29 is 27.8 Å². The maximum Gasteiger partial charge on any atom is 0.736 e. The molecule has 8 heteroatoms. The average Bonchev–Trinajstić information content (AvgIpc) is 2.40. The first-order chi connectivity index (χ1) is 8.74. The molecule has 0 atom stereocenters. The van der Waals surface area contributed by atoms with E-state index in [4.69, 9.17) is 39.4 Å². The van der Waals surface area contributed by atoms with E-state index in [-0.39, 0.29) is 6.61 Å². The topological polar surface area (TPSA) is 55.4 Å². The Morgan fingerprint density at radius 1 is 1.11 bits per heavy atom. The third kappa shape index (κ3) is 8.17. The van der Waals surface area contributed by atoms with Crippen molar-refractivity contribution in [1.82, 2.24) is 0 Å². The van der Waals surface area contributed by atoms with Crippen molar-refractivity contribution in [1.29, 1.82) is 0 Å². The Labute approximate surface area is 114 Å². The van der Waals surface area contributed by atoms with Gasteiger partial charge in [0.05, 0.1) is 19.8 Å². The zero-order chi connectivity index (χ0) is 13.7. The molecule has 0 saturated heterocycles. The van der Waals surface area contributed by atoms with Crippen LogP contribution in [-0.4, -0.2) is 41.4 Å². The fourth-order valence-electron chi connectivity index (χ4n) is 0.827. The second-order valence-corrected chi connectivity index (χ2v) is 5.26. The molecule has 0 aromatic heterocycles. The van der Waals surface area contributed by atoms with Crippen molar-refractivity contribution in [3.05, 3.63) is 12.7 Å². The molecular formula is C10H21ClO6Si. The minimum Gasteiger partial charge on any atom is -0.349 e. The van der Waals surface area contributed by atoms with E-state index in [0.717, 1.165) is 0 Å². The van der Waals surface area contributed by atoms with Gasteiger partial charge in [0.2, 0.25) is 0 Å². The van der Waals surface area contributed by atoms with Gasteiger partial charge in [-0.3, -0.25) is 0 Å². The predicted molar refractivity (Wildman–Crippen MR) is 68.6 cm³/mol. The molecule has 108 valence electrons. The zero-order valence-electron chi connectivity index (χ0n) is 10.9. The van der Waals surface area contributed by atoms with Crippen molar-refractivity contribution >= 4 is 20.6 Å². The van der Waals surface area contributed by atoms with Crippen LogP contribution in [0.4, 0.5) is 0 Å². The van der Waals surface area contributed by atoms with Gasteiger partial charge in [-0.1, -0.05) is 6.08 Å². The first-order valence-electron chi connectivity index (χ1n) is 5.80. The summed E-state index contributed by atoms with van der Waals surface area (Å²) >= 11 is 5.58. The van der Waals surface area contributed by atoms with Crippen LogP contribution in [0, 0.1) is 0 Å². The molecule has 0 N–H and O–H groups in total. The van der Waals surface area contributed by atoms with Crippen LogP contribution in [0.5, 0.6) is 0 Å². The van der Waals surface area contributed by atoms with Crippen LogP contribution >= 0.6 is 11.6 Å². The summed E-state index contributed by atoms with van der Waals surface area (Å²) in [5.41, 5.74) is 0. The standard InChI is InChI=1S/C10H21ClO6Si/c1-4-9-14-18(16-12-5-2,17-13-6-3)15-10-7-8-11/h4H,1,5-10H2,2-3H3. The third-order valence-electron chi connectivity index (χ3n) is 1.49. The summed E-state index contributed by atoms with van der Waals surface area (Å²) in [5, 5.41) is 0. The number of halogens is 1. The molecule has 0 aromatic carbocycles. The smallest absolute Gasteiger partial charge is 0.349 e. The minimum absolute atomic E-state index is 0.202. The molecule has 0 amide bonds. The minimum atomic E-state index is -3.47. The second-order valence-electron chi connectivity index (χ2n) is 2.97. The van der Waals surface area contributed by atoms with E-state index in [1.165, 1.54) is 0 Å². The SMILES string of the molecule is C=CCO[Si](OCCCCl)(OOCC)OOCC. The molecule has 0 aliphatic heterocycles. The van der Waals surface area contributed by atoms with Gasteiger partial charge in [0, 0.05) is 12.5 Å². The van der Waals surface area contributed by atoms with Gasteiger partial charge in [0.1, 0.15) is 0 Å². The molecule has 0 spiro atoms. The summed E-state index contributed by atoms with van der Waals surface area (Å²) in [7, 11) is -3.47. The molecule has 0 unspecified atom stereocenters. The molecule has 0 aliphatic rings. The van der Waals surface area contributed by atoms with E-state index in [2.05, 4.69) is 6.58 Å². The van der Waals surface area contributed by atoms with E-state index < -0.39 is 9.05 Å². The Kier molecular flexibility index (Phi) is 12.1. The normalized spacial score (nSPS) is 11.7. The van der Waals surface area contributed by atoms with Crippen molar-refractivity contribution in [3.8, 4) is 0 Å². The lowest BCUT2D eigenvalue weighted by Crippen LogP contribution is -2.49. The highest BCUT2D eigenvalue weighted by molar-refractivity contribution is 6.52. The predicted octanol–water partition coefficient (Wildman–Crippen LogP) is 2.21. The third-order valence-corrected chi connectivity index (χ3v) is 3.48. The maximum atomic E-state index is 5.58. The van der Waals surface area contributed by atoms with Crippen LogP contribution in [0.3, 0.4) is 0 Å². The van der Waals surface area contributed by atoms with Gasteiger partial charge >= 0.3 is 9.05 Å². The first kappa shape index (κ1) is 18.0. The molecule has 0 rings (SSSR count). The fourth-order valence-corrected chi connectivity index (χ4v) is 2.48. The van der Waals surface area contributed by atoms with Crippen LogP contribution in [0.15, 0.2) is 12.7 Å². The Morgan fingerprint density at radius 2 is 1.72 bits per heavy atom. The summed E-state index contributed by atoms with van der Waals surface area (Å²) in [6.45, 7) is 8.28. The highest BCUT2D eigenvalue weighted by Gasteiger charge is 2.49. The number of hydrogen-bond donors (Lipinski definition) is 0. The molecule has 18 heavy (non-hydrogen) atoms. The zero-order valence-corrected chi connectivity index (χ0v) is 12.6. The van der Waals surface area contributed by atoms with Gasteiger partial charge in [-0.2, -0.15) is 9.15 Å². The monoisotopic (exact) mass is 300 g/mol. The molecule has 6 nitrogen and oxygen atoms in total. The first-order valence-corrected chi connectivity index (χ1v) is 7.97. The summed E-state index contributed by atoms with van der Waals surface area (Å²) in [4.78, 5) is 9.73. The Morgan fingerprint density at radius 3 is 2.17 bits per heavy atom. The quantitative estimate of drug-likeness (QED) is 0.130. The lowest BCUT2D eigenvalue weighted by molar-refractivity contribution is -0.336. The van der Waals surface area contributed by atoms with Crippen LogP contribution in [-0.2, 0) is 27.8 Å². The fraction of sp³-hybridized carbons (Fsp3) is 0.800. The Bertz CT molecular complexity index is 199. The van der Waals surface area contributed by atoms with Crippen LogP contribution < -0.4 is 0 Å². The number of hydrogen-bond acceptors (Lipinski definition) is 6. The molecule has 0 aromatic rings. The van der Waals surface area contributed by atoms with Crippen LogP contribution in [0.1, 0.15) is 20.3 Å². The van der Waals surface area contributed by atoms with Crippen LogP contribution in [0.2, 0.25) is 0 Å². The maximum absolute atomic E-state index is 5.58. The molecule has 0 bridgehead atoms. The summed E-state index contributed by atoms with van der Waals surface area (Å²) in [6, 6.07) is 0. The number of alkyl halides is 1. The summed E-state index contributed by atoms with van der Waals surface area (Å²) < 4.78 is 21.0. The summed E-state index contributed by atoms with van der Waals surface area (Å²) in [5.74, 6) is 0.467. The van der Waals surface area contributed by atoms with Crippen molar-refractivity contribution in [2.75, 3.05) is 32.3 Å². The van der Waals surface area contributed by atoms with Crippen LogP contribution in [0.25, 0.3) is 0 Å². The number of rotatable bonds is 13. The van der Waals surface area contributed by atoms with Gasteiger partial charge in [0.25, 0.3) is 0 Å². The largest absolute Gasteiger partial charge is 0.736 e. The van der Waals surface area contributed by atoms with E-state index in [1.54, 1.807) is 19.9 Å². The second kappa shape index (κ2) is 12.1. The summed E-state index contributed by atoms with van der Waals surface area (Å²) in [6.07, 6.45) is 2.19. The van der Waals surface area contributed by atoms with Gasteiger partial charge in [-0.25, -0.2) is 9.78 Å². The lowest BCUT2D eigenvalue weighted by Gasteiger charge is -2.24.